The molecular formula is C14H21N5O2. The average Bonchev–Trinajstić information content (AvgIpc) is 2.96. The number of carbonyl (C=O) groups excluding carboxylic acids is 1. The third kappa shape index (κ3) is 3.49. The largest absolute Gasteiger partial charge is 0.377 e. The van der Waals surface area contributed by atoms with Gasteiger partial charge in [-0.1, -0.05) is 0 Å². The first-order valence-corrected chi connectivity index (χ1v) is 6.81. The second-order valence-corrected chi connectivity index (χ2v) is 4.95. The summed E-state index contributed by atoms with van der Waals surface area (Å²) in [4.78, 5) is 16.3. The zero-order valence-corrected chi connectivity index (χ0v) is 12.9. The molecular weight excluding hydrogens is 270 g/mol. The summed E-state index contributed by atoms with van der Waals surface area (Å²) in [6.45, 7) is 5.53. The first-order chi connectivity index (χ1) is 10.0. The fourth-order valence-electron chi connectivity index (χ4n) is 2.10. The van der Waals surface area contributed by atoms with Crippen molar-refractivity contribution in [2.75, 3.05) is 13.7 Å². The van der Waals surface area contributed by atoms with Crippen LogP contribution in [0.5, 0.6) is 0 Å². The maximum Gasteiger partial charge on any atom is 0.271 e. The van der Waals surface area contributed by atoms with Crippen molar-refractivity contribution in [1.29, 1.82) is 0 Å². The standard InChI is InChI=1S/C14H21N5O2/c1-10-7-12(17-18(10)3)14(20)15-5-6-19-11(2)8-16-13(19)9-21-4/h7-8H,5-6,9H2,1-4H3,(H,15,20). The number of nitrogens with zero attached hydrogens (tertiary/aromatic N) is 4. The number of hydrogen-bond donors (Lipinski definition) is 1. The highest BCUT2D eigenvalue weighted by atomic mass is 16.5. The van der Waals surface area contributed by atoms with Gasteiger partial charge in [-0.3, -0.25) is 9.48 Å². The first-order valence-electron chi connectivity index (χ1n) is 6.81. The van der Waals surface area contributed by atoms with E-state index in [1.807, 2.05) is 25.5 Å². The molecule has 114 valence electrons. The Morgan fingerprint density at radius 1 is 1.38 bits per heavy atom. The number of rotatable bonds is 6. The minimum absolute atomic E-state index is 0.162. The molecule has 2 aromatic rings. The monoisotopic (exact) mass is 291 g/mol. The van der Waals surface area contributed by atoms with E-state index in [4.69, 9.17) is 4.74 Å². The van der Waals surface area contributed by atoms with Crippen LogP contribution >= 0.6 is 0 Å². The van der Waals surface area contributed by atoms with Crippen LogP contribution in [0.3, 0.4) is 0 Å². The number of amides is 1. The maximum absolute atomic E-state index is 12.0. The summed E-state index contributed by atoms with van der Waals surface area (Å²) in [5, 5.41) is 7.03. The van der Waals surface area contributed by atoms with Gasteiger partial charge in [-0.15, -0.1) is 0 Å². The predicted octanol–water partition coefficient (Wildman–Crippen LogP) is 0.810. The van der Waals surface area contributed by atoms with Crippen molar-refractivity contribution in [2.45, 2.75) is 27.0 Å². The normalized spacial score (nSPS) is 10.9. The zero-order valence-electron chi connectivity index (χ0n) is 12.9. The van der Waals surface area contributed by atoms with Gasteiger partial charge in [-0.05, 0) is 19.9 Å². The molecule has 0 saturated heterocycles. The van der Waals surface area contributed by atoms with E-state index in [9.17, 15) is 4.79 Å². The third-order valence-corrected chi connectivity index (χ3v) is 3.38. The predicted molar refractivity (Wildman–Crippen MR) is 78.0 cm³/mol. The summed E-state index contributed by atoms with van der Waals surface area (Å²) < 4.78 is 8.83. The van der Waals surface area contributed by atoms with Gasteiger partial charge >= 0.3 is 0 Å². The quantitative estimate of drug-likeness (QED) is 0.854. The zero-order chi connectivity index (χ0) is 15.4. The molecule has 2 heterocycles. The summed E-state index contributed by atoms with van der Waals surface area (Å²) in [7, 11) is 3.46. The molecule has 21 heavy (non-hydrogen) atoms. The Morgan fingerprint density at radius 3 is 2.76 bits per heavy atom. The molecule has 2 aromatic heterocycles. The van der Waals surface area contributed by atoms with E-state index in [0.717, 1.165) is 17.2 Å². The van der Waals surface area contributed by atoms with E-state index in [1.165, 1.54) is 0 Å². The summed E-state index contributed by atoms with van der Waals surface area (Å²) in [6, 6.07) is 1.77. The van der Waals surface area contributed by atoms with E-state index in [1.54, 1.807) is 24.1 Å². The summed E-state index contributed by atoms with van der Waals surface area (Å²) in [5.41, 5.74) is 2.44. The topological polar surface area (TPSA) is 74.0 Å². The van der Waals surface area contributed by atoms with E-state index in [2.05, 4.69) is 15.4 Å². The molecule has 7 heteroatoms. The van der Waals surface area contributed by atoms with Crippen molar-refractivity contribution in [2.24, 2.45) is 7.05 Å². The van der Waals surface area contributed by atoms with Gasteiger partial charge in [0.2, 0.25) is 0 Å². The van der Waals surface area contributed by atoms with Crippen LogP contribution in [0.15, 0.2) is 12.3 Å². The fraction of sp³-hybridized carbons (Fsp3) is 0.500. The molecule has 0 unspecified atom stereocenters. The van der Waals surface area contributed by atoms with Crippen LogP contribution in [0.2, 0.25) is 0 Å². The third-order valence-electron chi connectivity index (χ3n) is 3.38. The highest BCUT2D eigenvalue weighted by molar-refractivity contribution is 5.92. The van der Waals surface area contributed by atoms with Gasteiger partial charge in [0.05, 0.1) is 0 Å². The van der Waals surface area contributed by atoms with Crippen LogP contribution in [0.4, 0.5) is 0 Å². The minimum atomic E-state index is -0.162. The fourth-order valence-corrected chi connectivity index (χ4v) is 2.10. The molecule has 0 atom stereocenters. The molecule has 0 fully saturated rings. The van der Waals surface area contributed by atoms with E-state index in [0.29, 0.717) is 25.4 Å². The summed E-state index contributed by atoms with van der Waals surface area (Å²) in [5.74, 6) is 0.697. The molecule has 0 aliphatic rings. The smallest absolute Gasteiger partial charge is 0.271 e. The van der Waals surface area contributed by atoms with Crippen molar-refractivity contribution >= 4 is 5.91 Å². The van der Waals surface area contributed by atoms with Crippen LogP contribution in [0.25, 0.3) is 0 Å². The molecule has 0 bridgehead atoms. The average molecular weight is 291 g/mol. The number of imidazole rings is 1. The molecule has 0 spiro atoms. The SMILES string of the molecule is COCc1ncc(C)n1CCNC(=O)c1cc(C)n(C)n1. The van der Waals surface area contributed by atoms with Gasteiger partial charge in [-0.2, -0.15) is 5.10 Å². The highest BCUT2D eigenvalue weighted by Crippen LogP contribution is 2.05. The summed E-state index contributed by atoms with van der Waals surface area (Å²) in [6.07, 6.45) is 1.80. The second kappa shape index (κ2) is 6.53. The lowest BCUT2D eigenvalue weighted by atomic mass is 10.3. The van der Waals surface area contributed by atoms with Gasteiger partial charge in [0, 0.05) is 44.8 Å². The Hall–Kier alpha value is -2.15. The van der Waals surface area contributed by atoms with Crippen molar-refractivity contribution < 1.29 is 9.53 Å². The highest BCUT2D eigenvalue weighted by Gasteiger charge is 2.11. The number of ether oxygens (including phenoxy) is 1. The molecule has 0 aromatic carbocycles. The van der Waals surface area contributed by atoms with Gasteiger partial charge in [0.15, 0.2) is 0 Å². The number of carbonyl (C=O) groups is 1. The first kappa shape index (κ1) is 15.2. The molecule has 1 N–H and O–H groups in total. The lowest BCUT2D eigenvalue weighted by molar-refractivity contribution is 0.0946. The molecule has 0 radical (unpaired) electrons. The summed E-state index contributed by atoms with van der Waals surface area (Å²) >= 11 is 0. The molecule has 2 rings (SSSR count). The number of methoxy groups -OCH3 is 1. The Bertz CT molecular complexity index is 610. The van der Waals surface area contributed by atoms with Gasteiger partial charge in [0.1, 0.15) is 18.1 Å². The Morgan fingerprint density at radius 2 is 2.14 bits per heavy atom. The number of hydrogen-bond acceptors (Lipinski definition) is 4. The molecule has 0 aliphatic heterocycles. The number of aryl methyl sites for hydroxylation is 3. The lowest BCUT2D eigenvalue weighted by Crippen LogP contribution is -2.28. The van der Waals surface area contributed by atoms with Crippen molar-refractivity contribution in [1.82, 2.24) is 24.6 Å². The van der Waals surface area contributed by atoms with E-state index < -0.39 is 0 Å². The second-order valence-electron chi connectivity index (χ2n) is 4.95. The van der Waals surface area contributed by atoms with Crippen molar-refractivity contribution in [3.8, 4) is 0 Å². The lowest BCUT2D eigenvalue weighted by Gasteiger charge is -2.10. The Balaban J connectivity index is 1.92. The van der Waals surface area contributed by atoms with E-state index in [-0.39, 0.29) is 5.91 Å². The number of aromatic nitrogens is 4. The number of nitrogens with one attached hydrogen (secondary N) is 1. The van der Waals surface area contributed by atoms with Crippen LogP contribution in [0, 0.1) is 13.8 Å². The van der Waals surface area contributed by atoms with E-state index >= 15 is 0 Å². The van der Waals surface area contributed by atoms with Gasteiger partial charge in [0.25, 0.3) is 5.91 Å². The van der Waals surface area contributed by atoms with Crippen molar-refractivity contribution in [3.63, 3.8) is 0 Å². The molecule has 0 aliphatic carbocycles. The molecule has 1 amide bonds. The van der Waals surface area contributed by atoms with Crippen LogP contribution < -0.4 is 5.32 Å². The van der Waals surface area contributed by atoms with Crippen LogP contribution in [-0.2, 0) is 24.9 Å². The Kier molecular flexibility index (Phi) is 4.74. The van der Waals surface area contributed by atoms with Crippen LogP contribution in [-0.4, -0.2) is 38.9 Å². The maximum atomic E-state index is 12.0. The minimum Gasteiger partial charge on any atom is -0.377 e. The Labute approximate surface area is 123 Å². The van der Waals surface area contributed by atoms with Crippen molar-refractivity contribution in [3.05, 3.63) is 35.2 Å². The van der Waals surface area contributed by atoms with Gasteiger partial charge < -0.3 is 14.6 Å². The van der Waals surface area contributed by atoms with Crippen LogP contribution in [0.1, 0.15) is 27.7 Å². The molecule has 7 nitrogen and oxygen atoms in total. The molecule has 0 saturated carbocycles. The van der Waals surface area contributed by atoms with Gasteiger partial charge in [-0.25, -0.2) is 4.98 Å².